The van der Waals surface area contributed by atoms with E-state index in [-0.39, 0.29) is 21.6 Å². The van der Waals surface area contributed by atoms with Gasteiger partial charge in [-0.15, -0.1) is 0 Å². The van der Waals surface area contributed by atoms with Crippen LogP contribution in [0.4, 0.5) is 11.4 Å². The number of nitrogens with one attached hydrogen (secondary N) is 3. The van der Waals surface area contributed by atoms with Crippen molar-refractivity contribution in [1.82, 2.24) is 14.6 Å². The van der Waals surface area contributed by atoms with Gasteiger partial charge in [0, 0.05) is 78.8 Å². The van der Waals surface area contributed by atoms with Gasteiger partial charge in [0.25, 0.3) is 15.9 Å². The molecule has 2 aliphatic rings. The minimum Gasteiger partial charge on any atom is -0.456 e. The molecule has 10 nitrogen and oxygen atoms in total. The molecule has 1 aliphatic carbocycles. The SMILES string of the molecule is Cc1cc(S(=O)(=O)NC(=O)c2ccc(N3CCN(CC4=C(c5ccc(Cl)cc5)CC(C)(C)CC4)CC3)cc2Oc2cccc3[nH]ccc23)ccc1NCCC#N. The summed E-state index contributed by atoms with van der Waals surface area (Å²) in [5.41, 5.74) is 7.68. The van der Waals surface area contributed by atoms with Crippen molar-refractivity contribution in [2.24, 2.45) is 5.41 Å². The molecule has 2 heterocycles. The second-order valence-corrected chi connectivity index (χ2v) is 17.5. The third-order valence-electron chi connectivity index (χ3n) is 10.8. The summed E-state index contributed by atoms with van der Waals surface area (Å²) in [5, 5.41) is 13.6. The molecule has 4 aromatic carbocycles. The maximum absolute atomic E-state index is 13.8. The van der Waals surface area contributed by atoms with Gasteiger partial charge in [0.05, 0.1) is 22.9 Å². The molecule has 7 rings (SSSR count). The molecule has 12 heteroatoms. The number of piperazine rings is 1. The first-order valence-electron chi connectivity index (χ1n) is 19.0. The average Bonchev–Trinajstić information content (AvgIpc) is 3.67. The van der Waals surface area contributed by atoms with Crippen LogP contribution in [-0.2, 0) is 10.0 Å². The van der Waals surface area contributed by atoms with Gasteiger partial charge in [-0.2, -0.15) is 5.26 Å². The number of aromatic amines is 1. The third kappa shape index (κ3) is 8.89. The van der Waals surface area contributed by atoms with Crippen molar-refractivity contribution in [2.45, 2.75) is 51.3 Å². The van der Waals surface area contributed by atoms with Crippen LogP contribution in [0.1, 0.15) is 61.0 Å². The number of H-pyrrole nitrogens is 1. The number of anilines is 2. The molecule has 1 aromatic heterocycles. The molecule has 1 amide bonds. The summed E-state index contributed by atoms with van der Waals surface area (Å²) in [5.74, 6) is -0.00721. The topological polar surface area (TPSA) is 131 Å². The number of carbonyl (C=O) groups is 1. The Morgan fingerprint density at radius 2 is 1.77 bits per heavy atom. The molecular formula is C44H47ClN6O4S. The Balaban J connectivity index is 1.11. The molecule has 1 saturated heterocycles. The number of aryl methyl sites for hydroxylation is 1. The van der Waals surface area contributed by atoms with Crippen LogP contribution >= 0.6 is 11.6 Å². The number of nitriles is 1. The number of aromatic nitrogens is 1. The number of fused-ring (bicyclic) bond motifs is 1. The maximum Gasteiger partial charge on any atom is 0.268 e. The number of benzene rings is 4. The number of carbonyl (C=O) groups excluding carboxylic acids is 1. The van der Waals surface area contributed by atoms with Gasteiger partial charge in [-0.25, -0.2) is 13.1 Å². The van der Waals surface area contributed by atoms with Gasteiger partial charge in [0.15, 0.2) is 0 Å². The highest BCUT2D eigenvalue weighted by molar-refractivity contribution is 7.90. The fourth-order valence-electron chi connectivity index (χ4n) is 7.63. The molecule has 0 radical (unpaired) electrons. The summed E-state index contributed by atoms with van der Waals surface area (Å²) in [6, 6.07) is 27.8. The Hall–Kier alpha value is -5.28. The molecule has 56 heavy (non-hydrogen) atoms. The van der Waals surface area contributed by atoms with Gasteiger partial charge >= 0.3 is 0 Å². The number of ether oxygens (including phenoxy) is 1. The summed E-state index contributed by atoms with van der Waals surface area (Å²) < 4.78 is 35.8. The lowest BCUT2D eigenvalue weighted by Crippen LogP contribution is -2.47. The van der Waals surface area contributed by atoms with E-state index in [9.17, 15) is 13.2 Å². The molecule has 0 bridgehead atoms. The average molecular weight is 791 g/mol. The van der Waals surface area contributed by atoms with Crippen molar-refractivity contribution in [1.29, 1.82) is 5.26 Å². The van der Waals surface area contributed by atoms with Crippen molar-refractivity contribution < 1.29 is 17.9 Å². The van der Waals surface area contributed by atoms with E-state index in [2.05, 4.69) is 56.9 Å². The second kappa shape index (κ2) is 16.4. The van der Waals surface area contributed by atoms with Crippen LogP contribution in [0, 0.1) is 23.7 Å². The van der Waals surface area contributed by atoms with Gasteiger partial charge in [-0.1, -0.05) is 49.2 Å². The maximum atomic E-state index is 13.8. The van der Waals surface area contributed by atoms with Crippen molar-refractivity contribution in [3.63, 3.8) is 0 Å². The molecule has 290 valence electrons. The first-order chi connectivity index (χ1) is 26.9. The minimum absolute atomic E-state index is 0.0452. The molecule has 0 saturated carbocycles. The fourth-order valence-corrected chi connectivity index (χ4v) is 8.81. The van der Waals surface area contributed by atoms with Gasteiger partial charge < -0.3 is 19.9 Å². The number of amides is 1. The summed E-state index contributed by atoms with van der Waals surface area (Å²) in [7, 11) is -4.23. The van der Waals surface area contributed by atoms with Crippen LogP contribution in [0.3, 0.4) is 0 Å². The highest BCUT2D eigenvalue weighted by Crippen LogP contribution is 2.43. The van der Waals surface area contributed by atoms with Crippen molar-refractivity contribution in [2.75, 3.05) is 49.5 Å². The Labute approximate surface area is 334 Å². The largest absolute Gasteiger partial charge is 0.456 e. The Morgan fingerprint density at radius 3 is 2.52 bits per heavy atom. The molecule has 1 aliphatic heterocycles. The molecule has 0 atom stereocenters. The lowest BCUT2D eigenvalue weighted by molar-refractivity contribution is 0.0979. The second-order valence-electron chi connectivity index (χ2n) is 15.4. The van der Waals surface area contributed by atoms with Crippen LogP contribution < -0.4 is 19.7 Å². The summed E-state index contributed by atoms with van der Waals surface area (Å²) in [6.45, 7) is 11.1. The van der Waals surface area contributed by atoms with E-state index < -0.39 is 15.9 Å². The highest BCUT2D eigenvalue weighted by atomic mass is 35.5. The van der Waals surface area contributed by atoms with E-state index in [0.29, 0.717) is 24.3 Å². The summed E-state index contributed by atoms with van der Waals surface area (Å²) in [6.07, 6.45) is 5.41. The Morgan fingerprint density at radius 1 is 0.982 bits per heavy atom. The minimum atomic E-state index is -4.23. The lowest BCUT2D eigenvalue weighted by Gasteiger charge is -2.39. The van der Waals surface area contributed by atoms with Crippen LogP contribution in [0.15, 0.2) is 102 Å². The molecule has 3 N–H and O–H groups in total. The zero-order chi connectivity index (χ0) is 39.5. The lowest BCUT2D eigenvalue weighted by atomic mass is 9.72. The van der Waals surface area contributed by atoms with E-state index in [4.69, 9.17) is 21.6 Å². The Kier molecular flexibility index (Phi) is 11.4. The molecule has 0 spiro atoms. The number of halogens is 1. The van der Waals surface area contributed by atoms with E-state index >= 15 is 0 Å². The summed E-state index contributed by atoms with van der Waals surface area (Å²) in [4.78, 5) is 21.8. The number of rotatable bonds is 12. The van der Waals surface area contributed by atoms with Crippen LogP contribution in [0.2, 0.25) is 5.02 Å². The van der Waals surface area contributed by atoms with Gasteiger partial charge in [-0.05, 0) is 109 Å². The standard InChI is InChI=1S/C44H47ClN6O4S/c1-30-26-35(13-15-39(30)47-20-5-19-46)56(53,54)49-43(52)37-14-12-34(27-42(37)55-41-7-4-6-40-36(41)17-21-48-40)51-24-22-50(23-25-51)29-32-16-18-44(2,3)28-38(32)31-8-10-33(45)11-9-31/h4,6-15,17,21,26-27,47-48H,5,16,18,20,22-25,28-29H2,1-3H3,(H,49,52). The highest BCUT2D eigenvalue weighted by Gasteiger charge is 2.30. The predicted octanol–water partition coefficient (Wildman–Crippen LogP) is 9.15. The third-order valence-corrected chi connectivity index (χ3v) is 12.4. The van der Waals surface area contributed by atoms with Crippen LogP contribution in [-0.4, -0.2) is 63.5 Å². The van der Waals surface area contributed by atoms with Gasteiger partial charge in [0.1, 0.15) is 11.5 Å². The first-order valence-corrected chi connectivity index (χ1v) is 20.9. The molecular weight excluding hydrogens is 744 g/mol. The van der Waals surface area contributed by atoms with Crippen molar-refractivity contribution in [3.05, 3.63) is 118 Å². The van der Waals surface area contributed by atoms with Gasteiger partial charge in [-0.3, -0.25) is 9.69 Å². The number of hydrogen-bond acceptors (Lipinski definition) is 8. The smallest absolute Gasteiger partial charge is 0.268 e. The zero-order valence-electron chi connectivity index (χ0n) is 32.0. The molecule has 1 fully saturated rings. The Bertz CT molecular complexity index is 2430. The fraction of sp³-hybridized carbons (Fsp3) is 0.318. The van der Waals surface area contributed by atoms with Crippen LogP contribution in [0.5, 0.6) is 11.5 Å². The predicted molar refractivity (Wildman–Crippen MR) is 224 cm³/mol. The number of sulfonamides is 1. The molecule has 0 unspecified atom stereocenters. The van der Waals surface area contributed by atoms with Crippen molar-refractivity contribution >= 4 is 55.4 Å². The number of allylic oxidation sites excluding steroid dienone is 1. The van der Waals surface area contributed by atoms with E-state index in [1.165, 1.54) is 28.8 Å². The first kappa shape index (κ1) is 39.0. The monoisotopic (exact) mass is 790 g/mol. The van der Waals surface area contributed by atoms with E-state index in [1.54, 1.807) is 19.1 Å². The van der Waals surface area contributed by atoms with Crippen LogP contribution in [0.25, 0.3) is 16.5 Å². The number of nitrogens with zero attached hydrogens (tertiary/aromatic N) is 3. The number of hydrogen-bond donors (Lipinski definition) is 3. The van der Waals surface area contributed by atoms with Gasteiger partial charge in [0.2, 0.25) is 0 Å². The van der Waals surface area contributed by atoms with E-state index in [1.807, 2.05) is 54.7 Å². The quantitative estimate of drug-likeness (QED) is 0.107. The zero-order valence-corrected chi connectivity index (χ0v) is 33.6. The van der Waals surface area contributed by atoms with Crippen molar-refractivity contribution in [3.8, 4) is 17.6 Å². The summed E-state index contributed by atoms with van der Waals surface area (Å²) >= 11 is 6.24. The molecule has 5 aromatic rings. The van der Waals surface area contributed by atoms with E-state index in [0.717, 1.165) is 79.3 Å². The normalized spacial score (nSPS) is 16.1.